The van der Waals surface area contributed by atoms with Gasteiger partial charge in [-0.3, -0.25) is 9.78 Å². The Balaban J connectivity index is 2.30. The molecular weight excluding hydrogens is 264 g/mol. The van der Waals surface area contributed by atoms with Crippen molar-refractivity contribution in [3.8, 4) is 0 Å². The lowest BCUT2D eigenvalue weighted by molar-refractivity contribution is 0.118. The molecule has 0 unspecified atom stereocenters. The number of ether oxygens (including phenoxy) is 1. The quantitative estimate of drug-likeness (QED) is 0.762. The van der Waals surface area contributed by atoms with Gasteiger partial charge in [0.1, 0.15) is 0 Å². The fourth-order valence-corrected chi connectivity index (χ4v) is 2.15. The molecule has 1 aromatic rings. The van der Waals surface area contributed by atoms with Crippen molar-refractivity contribution in [3.05, 3.63) is 21.6 Å². The number of aromatic nitrogens is 2. The smallest absolute Gasteiger partial charge is 0.409 e. The fourth-order valence-electron chi connectivity index (χ4n) is 2.15. The summed E-state index contributed by atoms with van der Waals surface area (Å²) in [6.45, 7) is 1.02. The van der Waals surface area contributed by atoms with E-state index in [1.165, 1.54) is 12.0 Å². The predicted octanol–water partition coefficient (Wildman–Crippen LogP) is -0.677. The zero-order valence-electron chi connectivity index (χ0n) is 11.5. The number of amides is 1. The van der Waals surface area contributed by atoms with Crippen LogP contribution in [-0.4, -0.2) is 59.9 Å². The second-order valence-electron chi connectivity index (χ2n) is 4.60. The summed E-state index contributed by atoms with van der Waals surface area (Å²) in [6, 6.07) is 0. The first-order valence-electron chi connectivity index (χ1n) is 6.33. The monoisotopic (exact) mass is 282 g/mol. The van der Waals surface area contributed by atoms with Gasteiger partial charge in [0.2, 0.25) is 5.95 Å². The maximum absolute atomic E-state index is 12.0. The molecule has 0 radical (unpaired) electrons. The number of rotatable bonds is 3. The summed E-state index contributed by atoms with van der Waals surface area (Å²) in [5.74, 6) is 0.384. The van der Waals surface area contributed by atoms with Crippen LogP contribution in [-0.2, 0) is 17.7 Å². The Morgan fingerprint density at radius 1 is 1.60 bits per heavy atom. The number of nitrogens with zero attached hydrogens (tertiary/aromatic N) is 3. The van der Waals surface area contributed by atoms with Crippen molar-refractivity contribution < 1.29 is 14.6 Å². The maximum Gasteiger partial charge on any atom is 0.409 e. The second-order valence-corrected chi connectivity index (χ2v) is 4.60. The molecule has 8 nitrogen and oxygen atoms in total. The average Bonchev–Trinajstić information content (AvgIpc) is 2.46. The van der Waals surface area contributed by atoms with E-state index < -0.39 is 6.09 Å². The maximum atomic E-state index is 12.0. The van der Waals surface area contributed by atoms with Crippen LogP contribution >= 0.6 is 0 Å². The summed E-state index contributed by atoms with van der Waals surface area (Å²) in [6.07, 6.45) is 0.0273. The van der Waals surface area contributed by atoms with Crippen LogP contribution in [0.3, 0.4) is 0 Å². The molecule has 0 fully saturated rings. The zero-order chi connectivity index (χ0) is 14.7. The van der Waals surface area contributed by atoms with Gasteiger partial charge in [0, 0.05) is 25.7 Å². The fraction of sp³-hybridized carbons (Fsp3) is 0.583. The molecule has 0 spiro atoms. The third kappa shape index (κ3) is 2.74. The lowest BCUT2D eigenvalue weighted by Gasteiger charge is -2.27. The van der Waals surface area contributed by atoms with Crippen LogP contribution in [0.25, 0.3) is 0 Å². The van der Waals surface area contributed by atoms with Gasteiger partial charge in [0.05, 0.1) is 26.0 Å². The van der Waals surface area contributed by atoms with Gasteiger partial charge in [-0.05, 0) is 6.42 Å². The Bertz CT molecular complexity index is 557. The number of hydrogen-bond donors (Lipinski definition) is 2. The van der Waals surface area contributed by atoms with Gasteiger partial charge in [-0.25, -0.2) is 9.78 Å². The van der Waals surface area contributed by atoms with E-state index in [0.717, 1.165) is 0 Å². The van der Waals surface area contributed by atoms with Crippen LogP contribution in [0, 0.1) is 0 Å². The highest BCUT2D eigenvalue weighted by atomic mass is 16.5. The summed E-state index contributed by atoms with van der Waals surface area (Å²) < 4.78 is 4.68. The van der Waals surface area contributed by atoms with E-state index in [4.69, 9.17) is 5.11 Å². The molecule has 0 aromatic carbocycles. The molecule has 0 bridgehead atoms. The highest BCUT2D eigenvalue weighted by Gasteiger charge is 2.25. The number of likely N-dealkylation sites (N-methyl/N-ethyl adjacent to an activating group) is 1. The van der Waals surface area contributed by atoms with E-state index in [9.17, 15) is 9.59 Å². The van der Waals surface area contributed by atoms with Crippen molar-refractivity contribution in [3.63, 3.8) is 0 Å². The third-order valence-corrected chi connectivity index (χ3v) is 3.29. The number of carbonyl (C=O) groups is 1. The Morgan fingerprint density at radius 3 is 3.00 bits per heavy atom. The summed E-state index contributed by atoms with van der Waals surface area (Å²) in [4.78, 5) is 33.8. The number of hydrogen-bond acceptors (Lipinski definition) is 6. The molecule has 1 aliphatic rings. The van der Waals surface area contributed by atoms with Crippen molar-refractivity contribution in [1.82, 2.24) is 14.9 Å². The van der Waals surface area contributed by atoms with Crippen molar-refractivity contribution in [1.29, 1.82) is 0 Å². The zero-order valence-corrected chi connectivity index (χ0v) is 11.5. The third-order valence-electron chi connectivity index (χ3n) is 3.29. The number of aromatic amines is 1. The lowest BCUT2D eigenvalue weighted by Crippen LogP contribution is -2.39. The van der Waals surface area contributed by atoms with Gasteiger partial charge in [0.15, 0.2) is 0 Å². The Hall–Kier alpha value is -2.09. The number of nitrogens with one attached hydrogen (secondary N) is 1. The summed E-state index contributed by atoms with van der Waals surface area (Å²) >= 11 is 0. The molecule has 110 valence electrons. The molecule has 0 saturated carbocycles. The van der Waals surface area contributed by atoms with Gasteiger partial charge < -0.3 is 19.6 Å². The first kappa shape index (κ1) is 14.3. The van der Waals surface area contributed by atoms with Gasteiger partial charge in [-0.2, -0.15) is 0 Å². The highest BCUT2D eigenvalue weighted by molar-refractivity contribution is 5.67. The number of fused-ring (bicyclic) bond motifs is 1. The lowest BCUT2D eigenvalue weighted by atomic mass is 10.1. The van der Waals surface area contributed by atoms with Crippen LogP contribution in [0.1, 0.15) is 11.3 Å². The number of H-pyrrole nitrogens is 1. The number of aliphatic hydroxyl groups is 1. The first-order valence-corrected chi connectivity index (χ1v) is 6.33. The number of carbonyl (C=O) groups excluding carboxylic acids is 1. The molecule has 2 N–H and O–H groups in total. The molecule has 1 aliphatic heterocycles. The largest absolute Gasteiger partial charge is 0.453 e. The molecule has 8 heteroatoms. The van der Waals surface area contributed by atoms with Gasteiger partial charge >= 0.3 is 6.09 Å². The van der Waals surface area contributed by atoms with E-state index in [-0.39, 0.29) is 18.7 Å². The van der Waals surface area contributed by atoms with Crippen LogP contribution in [0.2, 0.25) is 0 Å². The molecule has 1 aromatic heterocycles. The van der Waals surface area contributed by atoms with E-state index in [1.807, 2.05) is 0 Å². The molecule has 1 amide bonds. The molecule has 0 saturated heterocycles. The average molecular weight is 282 g/mol. The second kappa shape index (κ2) is 5.91. The Labute approximate surface area is 116 Å². The van der Waals surface area contributed by atoms with Crippen molar-refractivity contribution in [2.45, 2.75) is 13.0 Å². The summed E-state index contributed by atoms with van der Waals surface area (Å²) in [7, 11) is 3.05. The van der Waals surface area contributed by atoms with Crippen LogP contribution in [0.4, 0.5) is 10.7 Å². The van der Waals surface area contributed by atoms with Gasteiger partial charge in [-0.1, -0.05) is 0 Å². The van der Waals surface area contributed by atoms with E-state index in [2.05, 4.69) is 14.7 Å². The Kier molecular flexibility index (Phi) is 4.23. The van der Waals surface area contributed by atoms with Gasteiger partial charge in [0.25, 0.3) is 5.56 Å². The minimum Gasteiger partial charge on any atom is -0.453 e. The highest BCUT2D eigenvalue weighted by Crippen LogP contribution is 2.16. The molecule has 0 aliphatic carbocycles. The molecule has 2 rings (SSSR count). The van der Waals surface area contributed by atoms with E-state index in [1.54, 1.807) is 11.9 Å². The Morgan fingerprint density at radius 2 is 2.35 bits per heavy atom. The topological polar surface area (TPSA) is 98.8 Å². The summed E-state index contributed by atoms with van der Waals surface area (Å²) in [5, 5.41) is 8.92. The molecule has 2 heterocycles. The molecule has 20 heavy (non-hydrogen) atoms. The normalized spacial score (nSPS) is 13.8. The van der Waals surface area contributed by atoms with Crippen molar-refractivity contribution in [2.24, 2.45) is 0 Å². The standard InChI is InChI=1S/C12H18N4O4/c1-15(5-6-17)11-13-9-7-16(12(19)20-2)4-3-8(9)10(18)14-11/h17H,3-7H2,1-2H3,(H,13,14,18). The van der Waals surface area contributed by atoms with Crippen molar-refractivity contribution >= 4 is 12.0 Å². The van der Waals surface area contributed by atoms with Gasteiger partial charge in [-0.15, -0.1) is 0 Å². The predicted molar refractivity (Wildman–Crippen MR) is 71.7 cm³/mol. The van der Waals surface area contributed by atoms with E-state index >= 15 is 0 Å². The minimum atomic E-state index is -0.428. The van der Waals surface area contributed by atoms with Crippen molar-refractivity contribution in [2.75, 3.05) is 38.8 Å². The van der Waals surface area contributed by atoms with Crippen LogP contribution < -0.4 is 10.5 Å². The summed E-state index contributed by atoms with van der Waals surface area (Å²) in [5.41, 5.74) is 0.982. The van der Waals surface area contributed by atoms with Crippen LogP contribution in [0.5, 0.6) is 0 Å². The first-order chi connectivity index (χ1) is 9.56. The SMILES string of the molecule is COC(=O)N1CCc2c(nc(N(C)CCO)[nH]c2=O)C1. The van der Waals surface area contributed by atoms with E-state index in [0.29, 0.717) is 36.7 Å². The number of anilines is 1. The molecular formula is C12H18N4O4. The molecule has 0 atom stereocenters. The number of methoxy groups -OCH3 is 1. The van der Waals surface area contributed by atoms with Crippen LogP contribution in [0.15, 0.2) is 4.79 Å². The minimum absolute atomic E-state index is 0.0361. The number of aliphatic hydroxyl groups excluding tert-OH is 1.